The fourth-order valence-electron chi connectivity index (χ4n) is 2.79. The molecule has 0 aliphatic rings. The zero-order valence-electron chi connectivity index (χ0n) is 15.5. The summed E-state index contributed by atoms with van der Waals surface area (Å²) < 4.78 is 19.8. The average molecular weight is 374 g/mol. The smallest absolute Gasteiger partial charge is 0.200 e. The minimum Gasteiger partial charge on any atom is -0.451 e. The third-order valence-corrected chi connectivity index (χ3v) is 4.58. The molecule has 3 rings (SSSR count). The van der Waals surface area contributed by atoms with Crippen LogP contribution in [0.3, 0.4) is 0 Å². The standard InChI is InChI=1S/C21H21ClFNO2/c1-11(2)19(25)18-10-17-20(26-18)13(21(3,4)5)9-16(24-17)12-6-7-14(22)15(23)8-12/h6-11H,1-5H3. The van der Waals surface area contributed by atoms with Gasteiger partial charge in [-0.25, -0.2) is 9.37 Å². The van der Waals surface area contributed by atoms with E-state index in [9.17, 15) is 9.18 Å². The van der Waals surface area contributed by atoms with E-state index in [4.69, 9.17) is 16.0 Å². The summed E-state index contributed by atoms with van der Waals surface area (Å²) >= 11 is 5.79. The quantitative estimate of drug-likeness (QED) is 0.497. The first-order chi connectivity index (χ1) is 12.1. The van der Waals surface area contributed by atoms with Crippen molar-refractivity contribution in [3.63, 3.8) is 0 Å². The number of nitrogens with zero attached hydrogens (tertiary/aromatic N) is 1. The van der Waals surface area contributed by atoms with Crippen molar-refractivity contribution in [3.05, 3.63) is 52.5 Å². The zero-order chi connectivity index (χ0) is 19.2. The van der Waals surface area contributed by atoms with Crippen LogP contribution in [0, 0.1) is 11.7 Å². The van der Waals surface area contributed by atoms with Gasteiger partial charge in [0.25, 0.3) is 0 Å². The molecule has 3 nitrogen and oxygen atoms in total. The van der Waals surface area contributed by atoms with Gasteiger partial charge in [0.2, 0.25) is 5.78 Å². The topological polar surface area (TPSA) is 43.1 Å². The van der Waals surface area contributed by atoms with Gasteiger partial charge < -0.3 is 4.42 Å². The summed E-state index contributed by atoms with van der Waals surface area (Å²) in [7, 11) is 0. The van der Waals surface area contributed by atoms with Crippen LogP contribution in [-0.4, -0.2) is 10.8 Å². The van der Waals surface area contributed by atoms with Crippen molar-refractivity contribution in [1.82, 2.24) is 4.98 Å². The molecule has 0 radical (unpaired) electrons. The van der Waals surface area contributed by atoms with Crippen molar-refractivity contribution < 1.29 is 13.6 Å². The number of benzene rings is 1. The van der Waals surface area contributed by atoms with Crippen molar-refractivity contribution in [3.8, 4) is 11.3 Å². The second-order valence-electron chi connectivity index (χ2n) is 7.78. The predicted octanol–water partition coefficient (Wildman–Crippen LogP) is 6.42. The molecule has 0 amide bonds. The lowest BCUT2D eigenvalue weighted by Crippen LogP contribution is -2.12. The van der Waals surface area contributed by atoms with Gasteiger partial charge in [0, 0.05) is 23.1 Å². The number of rotatable bonds is 3. The first-order valence-electron chi connectivity index (χ1n) is 8.52. The van der Waals surface area contributed by atoms with Gasteiger partial charge in [-0.05, 0) is 23.6 Å². The molecule has 5 heteroatoms. The lowest BCUT2D eigenvalue weighted by Gasteiger charge is -2.20. The van der Waals surface area contributed by atoms with Gasteiger partial charge in [0.05, 0.1) is 10.7 Å². The largest absolute Gasteiger partial charge is 0.451 e. The number of carbonyl (C=O) groups is 1. The Morgan fingerprint density at radius 1 is 1.19 bits per heavy atom. The van der Waals surface area contributed by atoms with Crippen LogP contribution in [-0.2, 0) is 5.41 Å². The molecular formula is C21H21ClFNO2. The molecule has 3 aromatic rings. The van der Waals surface area contributed by atoms with Gasteiger partial charge >= 0.3 is 0 Å². The number of hydrogen-bond acceptors (Lipinski definition) is 3. The summed E-state index contributed by atoms with van der Waals surface area (Å²) in [5.41, 5.74) is 3.10. The molecule has 0 spiro atoms. The van der Waals surface area contributed by atoms with Crippen LogP contribution in [0.25, 0.3) is 22.4 Å². The van der Waals surface area contributed by atoms with Gasteiger partial charge in [0.15, 0.2) is 11.3 Å². The van der Waals surface area contributed by atoms with Gasteiger partial charge in [-0.3, -0.25) is 4.79 Å². The van der Waals surface area contributed by atoms with E-state index in [0.717, 1.165) is 5.56 Å². The first kappa shape index (κ1) is 18.6. The van der Waals surface area contributed by atoms with Crippen LogP contribution >= 0.6 is 11.6 Å². The predicted molar refractivity (Wildman–Crippen MR) is 102 cm³/mol. The van der Waals surface area contributed by atoms with E-state index in [1.807, 2.05) is 19.9 Å². The number of ketones is 1. The van der Waals surface area contributed by atoms with Crippen molar-refractivity contribution in [2.45, 2.75) is 40.0 Å². The van der Waals surface area contributed by atoms with E-state index in [0.29, 0.717) is 28.1 Å². The van der Waals surface area contributed by atoms with Crippen molar-refractivity contribution >= 4 is 28.5 Å². The average Bonchev–Trinajstić information content (AvgIpc) is 2.98. The molecule has 0 unspecified atom stereocenters. The number of Topliss-reactive ketones (excluding diaryl/α,β-unsaturated/α-hetero) is 1. The van der Waals surface area contributed by atoms with Gasteiger partial charge in [0.1, 0.15) is 11.3 Å². The number of furan rings is 1. The molecule has 26 heavy (non-hydrogen) atoms. The SMILES string of the molecule is CC(C)C(=O)c1cc2nc(-c3ccc(Cl)c(F)c3)cc(C(C)(C)C)c2o1. The Labute approximate surface area is 157 Å². The first-order valence-corrected chi connectivity index (χ1v) is 8.90. The maximum absolute atomic E-state index is 13.9. The molecule has 0 N–H and O–H groups in total. The number of pyridine rings is 1. The van der Waals surface area contributed by atoms with E-state index in [2.05, 4.69) is 25.8 Å². The normalized spacial score (nSPS) is 12.2. The van der Waals surface area contributed by atoms with Crippen LogP contribution in [0.1, 0.15) is 50.7 Å². The van der Waals surface area contributed by atoms with Gasteiger partial charge in [-0.2, -0.15) is 0 Å². The Kier molecular flexibility index (Phi) is 4.65. The third kappa shape index (κ3) is 3.38. The fourth-order valence-corrected chi connectivity index (χ4v) is 2.91. The molecule has 2 aromatic heterocycles. The Bertz CT molecular complexity index is 999. The highest BCUT2D eigenvalue weighted by Crippen LogP contribution is 2.35. The highest BCUT2D eigenvalue weighted by atomic mass is 35.5. The highest BCUT2D eigenvalue weighted by molar-refractivity contribution is 6.30. The Morgan fingerprint density at radius 3 is 2.46 bits per heavy atom. The summed E-state index contributed by atoms with van der Waals surface area (Å²) in [6, 6.07) is 8.16. The third-order valence-electron chi connectivity index (χ3n) is 4.27. The summed E-state index contributed by atoms with van der Waals surface area (Å²) in [4.78, 5) is 16.9. The molecule has 0 bridgehead atoms. The minimum absolute atomic E-state index is 0.0676. The van der Waals surface area contributed by atoms with Crippen LogP contribution in [0.15, 0.2) is 34.7 Å². The van der Waals surface area contributed by atoms with E-state index in [1.165, 1.54) is 12.1 Å². The summed E-state index contributed by atoms with van der Waals surface area (Å²) in [5, 5.41) is 0.0685. The maximum Gasteiger partial charge on any atom is 0.200 e. The fraction of sp³-hybridized carbons (Fsp3) is 0.333. The lowest BCUT2D eigenvalue weighted by atomic mass is 9.86. The summed E-state index contributed by atoms with van der Waals surface area (Å²) in [6.45, 7) is 9.83. The summed E-state index contributed by atoms with van der Waals surface area (Å²) in [5.74, 6) is -0.431. The Balaban J connectivity index is 2.26. The van der Waals surface area contributed by atoms with E-state index < -0.39 is 5.82 Å². The van der Waals surface area contributed by atoms with Crippen LogP contribution in [0.5, 0.6) is 0 Å². The monoisotopic (exact) mass is 373 g/mol. The molecule has 0 saturated heterocycles. The maximum atomic E-state index is 13.9. The number of carbonyl (C=O) groups excluding carboxylic acids is 1. The molecule has 2 heterocycles. The Morgan fingerprint density at radius 2 is 1.88 bits per heavy atom. The van der Waals surface area contributed by atoms with Crippen LogP contribution in [0.4, 0.5) is 4.39 Å². The molecule has 0 saturated carbocycles. The van der Waals surface area contributed by atoms with Crippen LogP contribution < -0.4 is 0 Å². The molecule has 1 aromatic carbocycles. The number of hydrogen-bond donors (Lipinski definition) is 0. The van der Waals surface area contributed by atoms with Crippen molar-refractivity contribution in [2.24, 2.45) is 5.92 Å². The zero-order valence-corrected chi connectivity index (χ0v) is 16.2. The second kappa shape index (κ2) is 6.51. The van der Waals surface area contributed by atoms with Crippen molar-refractivity contribution in [1.29, 1.82) is 0 Å². The van der Waals surface area contributed by atoms with Gasteiger partial charge in [-0.15, -0.1) is 0 Å². The molecule has 136 valence electrons. The molecule has 0 fully saturated rings. The van der Waals surface area contributed by atoms with Gasteiger partial charge in [-0.1, -0.05) is 52.3 Å². The number of halogens is 2. The second-order valence-corrected chi connectivity index (χ2v) is 8.19. The molecule has 0 aliphatic carbocycles. The van der Waals surface area contributed by atoms with E-state index >= 15 is 0 Å². The molecular weight excluding hydrogens is 353 g/mol. The lowest BCUT2D eigenvalue weighted by molar-refractivity contribution is 0.0913. The minimum atomic E-state index is -0.494. The van der Waals surface area contributed by atoms with E-state index in [1.54, 1.807) is 12.1 Å². The number of aromatic nitrogens is 1. The molecule has 0 aliphatic heterocycles. The highest BCUT2D eigenvalue weighted by Gasteiger charge is 2.24. The van der Waals surface area contributed by atoms with Crippen LogP contribution in [0.2, 0.25) is 5.02 Å². The van der Waals surface area contributed by atoms with Crippen molar-refractivity contribution in [2.75, 3.05) is 0 Å². The molecule has 0 atom stereocenters. The summed E-state index contributed by atoms with van der Waals surface area (Å²) in [6.07, 6.45) is 0. The Hall–Kier alpha value is -2.20. The van der Waals surface area contributed by atoms with E-state index in [-0.39, 0.29) is 22.1 Å². The number of fused-ring (bicyclic) bond motifs is 1.